The minimum Gasteiger partial charge on any atom is -0.493 e. The van der Waals surface area contributed by atoms with Crippen molar-refractivity contribution in [2.24, 2.45) is 11.1 Å². The highest BCUT2D eigenvalue weighted by Gasteiger charge is 2.15. The first-order chi connectivity index (χ1) is 9.35. The van der Waals surface area contributed by atoms with Gasteiger partial charge < -0.3 is 9.47 Å². The number of benzene rings is 1. The third-order valence-corrected chi connectivity index (χ3v) is 3.72. The summed E-state index contributed by atoms with van der Waals surface area (Å²) in [5.41, 5.74) is 0.379. The van der Waals surface area contributed by atoms with Crippen molar-refractivity contribution >= 4 is 16.0 Å². The Labute approximate surface area is 118 Å². The molecule has 0 fully saturated rings. The van der Waals surface area contributed by atoms with Gasteiger partial charge in [-0.15, -0.1) is 0 Å². The Hall–Kier alpha value is -1.60. The van der Waals surface area contributed by atoms with Crippen LogP contribution in [0.5, 0.6) is 5.75 Å². The van der Waals surface area contributed by atoms with Gasteiger partial charge in [0, 0.05) is 5.92 Å². The maximum Gasteiger partial charge on any atom is 0.337 e. The summed E-state index contributed by atoms with van der Waals surface area (Å²) in [6.45, 7) is 2.08. The normalized spacial score (nSPS) is 12.8. The van der Waals surface area contributed by atoms with Crippen molar-refractivity contribution in [1.29, 1.82) is 0 Å². The number of carbonyl (C=O) groups excluding carboxylic acids is 1. The van der Waals surface area contributed by atoms with Crippen LogP contribution in [0.25, 0.3) is 0 Å². The SMILES string of the molecule is CCC(COc1cccc(C(=O)OC)c1)CS(N)(=O)=O. The lowest BCUT2D eigenvalue weighted by molar-refractivity contribution is 0.0600. The molecule has 0 aromatic heterocycles. The van der Waals surface area contributed by atoms with Crippen molar-refractivity contribution in [2.45, 2.75) is 13.3 Å². The Balaban J connectivity index is 2.67. The fourth-order valence-corrected chi connectivity index (χ4v) is 2.65. The van der Waals surface area contributed by atoms with Crippen LogP contribution in [0, 0.1) is 5.92 Å². The monoisotopic (exact) mass is 301 g/mol. The number of rotatable bonds is 7. The summed E-state index contributed by atoms with van der Waals surface area (Å²) < 4.78 is 32.2. The van der Waals surface area contributed by atoms with Crippen LogP contribution in [0.2, 0.25) is 0 Å². The Bertz CT molecular complexity index is 556. The van der Waals surface area contributed by atoms with Crippen molar-refractivity contribution in [3.8, 4) is 5.75 Å². The predicted molar refractivity (Wildman–Crippen MR) is 75.0 cm³/mol. The second kappa shape index (κ2) is 7.25. The molecule has 112 valence electrons. The molecule has 1 atom stereocenters. The quantitative estimate of drug-likeness (QED) is 0.763. The minimum atomic E-state index is -3.52. The molecule has 0 saturated carbocycles. The van der Waals surface area contributed by atoms with Gasteiger partial charge in [0.05, 0.1) is 25.0 Å². The molecule has 0 bridgehead atoms. The molecule has 1 aromatic rings. The molecule has 2 N–H and O–H groups in total. The largest absolute Gasteiger partial charge is 0.493 e. The Morgan fingerprint density at radius 3 is 2.65 bits per heavy atom. The van der Waals surface area contributed by atoms with Crippen molar-refractivity contribution in [3.63, 3.8) is 0 Å². The number of nitrogens with two attached hydrogens (primary N) is 1. The van der Waals surface area contributed by atoms with Gasteiger partial charge in [0.1, 0.15) is 5.75 Å². The zero-order valence-electron chi connectivity index (χ0n) is 11.5. The van der Waals surface area contributed by atoms with E-state index in [1.165, 1.54) is 7.11 Å². The van der Waals surface area contributed by atoms with Gasteiger partial charge in [-0.1, -0.05) is 13.0 Å². The summed E-state index contributed by atoms with van der Waals surface area (Å²) in [7, 11) is -2.22. The van der Waals surface area contributed by atoms with E-state index in [0.29, 0.717) is 17.7 Å². The van der Waals surface area contributed by atoms with Gasteiger partial charge in [-0.2, -0.15) is 0 Å². The van der Waals surface area contributed by atoms with Gasteiger partial charge >= 0.3 is 5.97 Å². The maximum atomic E-state index is 11.4. The molecule has 0 aliphatic carbocycles. The molecule has 1 aromatic carbocycles. The Morgan fingerprint density at radius 2 is 2.10 bits per heavy atom. The van der Waals surface area contributed by atoms with E-state index >= 15 is 0 Å². The molecule has 0 saturated heterocycles. The van der Waals surface area contributed by atoms with Gasteiger partial charge in [0.25, 0.3) is 0 Å². The number of primary sulfonamides is 1. The van der Waals surface area contributed by atoms with E-state index in [1.807, 2.05) is 6.92 Å². The highest BCUT2D eigenvalue weighted by atomic mass is 32.2. The highest BCUT2D eigenvalue weighted by molar-refractivity contribution is 7.89. The predicted octanol–water partition coefficient (Wildman–Crippen LogP) is 1.17. The molecular formula is C13H19NO5S. The van der Waals surface area contributed by atoms with Crippen molar-refractivity contribution in [2.75, 3.05) is 19.5 Å². The van der Waals surface area contributed by atoms with E-state index in [9.17, 15) is 13.2 Å². The third-order valence-electron chi connectivity index (χ3n) is 2.79. The van der Waals surface area contributed by atoms with Gasteiger partial charge in [-0.3, -0.25) is 0 Å². The summed E-state index contributed by atoms with van der Waals surface area (Å²) in [5.74, 6) is -0.278. The number of hydrogen-bond acceptors (Lipinski definition) is 5. The lowest BCUT2D eigenvalue weighted by Gasteiger charge is -2.15. The number of hydrogen-bond donors (Lipinski definition) is 1. The van der Waals surface area contributed by atoms with Crippen LogP contribution in [0.1, 0.15) is 23.7 Å². The molecule has 0 heterocycles. The van der Waals surface area contributed by atoms with E-state index in [2.05, 4.69) is 4.74 Å². The molecule has 0 radical (unpaired) electrons. The minimum absolute atomic E-state index is 0.125. The second-order valence-corrected chi connectivity index (χ2v) is 6.09. The van der Waals surface area contributed by atoms with E-state index in [1.54, 1.807) is 24.3 Å². The first-order valence-corrected chi connectivity index (χ1v) is 7.89. The molecule has 1 rings (SSSR count). The van der Waals surface area contributed by atoms with E-state index in [0.717, 1.165) is 0 Å². The molecule has 6 nitrogen and oxygen atoms in total. The summed E-state index contributed by atoms with van der Waals surface area (Å²) in [6.07, 6.45) is 0.632. The summed E-state index contributed by atoms with van der Waals surface area (Å²) >= 11 is 0. The smallest absolute Gasteiger partial charge is 0.337 e. The Morgan fingerprint density at radius 1 is 1.40 bits per heavy atom. The summed E-state index contributed by atoms with van der Waals surface area (Å²) in [5, 5.41) is 5.02. The zero-order valence-corrected chi connectivity index (χ0v) is 12.4. The van der Waals surface area contributed by atoms with Gasteiger partial charge in [-0.05, 0) is 24.6 Å². The average Bonchev–Trinajstić information content (AvgIpc) is 2.41. The average molecular weight is 301 g/mol. The lowest BCUT2D eigenvalue weighted by Crippen LogP contribution is -2.26. The Kier molecular flexibility index (Phi) is 5.97. The highest BCUT2D eigenvalue weighted by Crippen LogP contribution is 2.16. The number of carbonyl (C=O) groups is 1. The molecule has 1 unspecified atom stereocenters. The molecule has 0 aliphatic heterocycles. The van der Waals surface area contributed by atoms with Crippen LogP contribution in [0.3, 0.4) is 0 Å². The fraction of sp³-hybridized carbons (Fsp3) is 0.462. The first kappa shape index (κ1) is 16.5. The van der Waals surface area contributed by atoms with Crippen LogP contribution in [0.15, 0.2) is 24.3 Å². The number of methoxy groups -OCH3 is 1. The van der Waals surface area contributed by atoms with Crippen LogP contribution in [-0.2, 0) is 14.8 Å². The maximum absolute atomic E-state index is 11.4. The standard InChI is InChI=1S/C13H19NO5S/c1-3-10(9-20(14,16)17)8-19-12-6-4-5-11(7-12)13(15)18-2/h4-7,10H,3,8-9H2,1-2H3,(H2,14,16,17). The van der Waals surface area contributed by atoms with Crippen LogP contribution >= 0.6 is 0 Å². The molecule has 0 aliphatic rings. The van der Waals surface area contributed by atoms with Gasteiger partial charge in [-0.25, -0.2) is 18.4 Å². The van der Waals surface area contributed by atoms with Crippen molar-refractivity contribution in [1.82, 2.24) is 0 Å². The van der Waals surface area contributed by atoms with Crippen LogP contribution in [0.4, 0.5) is 0 Å². The van der Waals surface area contributed by atoms with Crippen molar-refractivity contribution < 1.29 is 22.7 Å². The first-order valence-electron chi connectivity index (χ1n) is 6.17. The van der Waals surface area contributed by atoms with E-state index < -0.39 is 16.0 Å². The molecular weight excluding hydrogens is 282 g/mol. The van der Waals surface area contributed by atoms with Crippen molar-refractivity contribution in [3.05, 3.63) is 29.8 Å². The fourth-order valence-electron chi connectivity index (χ4n) is 1.66. The lowest BCUT2D eigenvalue weighted by atomic mass is 10.1. The number of sulfonamides is 1. The van der Waals surface area contributed by atoms with Crippen LogP contribution < -0.4 is 9.88 Å². The zero-order chi connectivity index (χ0) is 15.2. The molecule has 0 spiro atoms. The number of ether oxygens (including phenoxy) is 2. The van der Waals surface area contributed by atoms with Gasteiger partial charge in [0.15, 0.2) is 0 Å². The number of esters is 1. The summed E-state index contributed by atoms with van der Waals surface area (Å²) in [4.78, 5) is 11.4. The van der Waals surface area contributed by atoms with E-state index in [4.69, 9.17) is 9.88 Å². The molecule has 20 heavy (non-hydrogen) atoms. The van der Waals surface area contributed by atoms with E-state index in [-0.39, 0.29) is 18.3 Å². The summed E-state index contributed by atoms with van der Waals surface area (Å²) in [6, 6.07) is 6.52. The second-order valence-electron chi connectivity index (χ2n) is 4.43. The van der Waals surface area contributed by atoms with Gasteiger partial charge in [0.2, 0.25) is 10.0 Å². The molecule has 0 amide bonds. The van der Waals surface area contributed by atoms with Crippen LogP contribution in [-0.4, -0.2) is 33.9 Å². The third kappa shape index (κ3) is 5.58. The topological polar surface area (TPSA) is 95.7 Å². The molecule has 7 heteroatoms.